The monoisotopic (exact) mass is 229 g/mol. The molecule has 2 N–H and O–H groups in total. The molecule has 1 aromatic carbocycles. The fourth-order valence-electron chi connectivity index (χ4n) is 0.910. The summed E-state index contributed by atoms with van der Waals surface area (Å²) in [4.78, 5) is 11.0. The SMILES string of the molecule is O=C(CNS(=O)O)OCc1ccccc1. The van der Waals surface area contributed by atoms with E-state index in [2.05, 4.69) is 0 Å². The lowest BCUT2D eigenvalue weighted by molar-refractivity contribution is -0.143. The molecule has 1 atom stereocenters. The molecule has 0 aliphatic carbocycles. The minimum atomic E-state index is -2.19. The van der Waals surface area contributed by atoms with Crippen molar-refractivity contribution in [1.82, 2.24) is 4.72 Å². The highest BCUT2D eigenvalue weighted by Gasteiger charge is 2.03. The van der Waals surface area contributed by atoms with E-state index in [4.69, 9.17) is 9.29 Å². The van der Waals surface area contributed by atoms with Crippen LogP contribution < -0.4 is 4.72 Å². The molecule has 0 radical (unpaired) electrons. The molecule has 0 saturated heterocycles. The second-order valence-electron chi connectivity index (χ2n) is 2.72. The summed E-state index contributed by atoms with van der Waals surface area (Å²) in [6.45, 7) is -0.116. The van der Waals surface area contributed by atoms with Crippen LogP contribution in [-0.4, -0.2) is 21.3 Å². The van der Waals surface area contributed by atoms with Crippen LogP contribution >= 0.6 is 0 Å². The predicted molar refractivity (Wildman–Crippen MR) is 55.0 cm³/mol. The van der Waals surface area contributed by atoms with Gasteiger partial charge in [0.1, 0.15) is 13.2 Å². The summed E-state index contributed by atoms with van der Waals surface area (Å²) >= 11 is -2.19. The smallest absolute Gasteiger partial charge is 0.321 e. The van der Waals surface area contributed by atoms with Crippen molar-refractivity contribution in [3.05, 3.63) is 35.9 Å². The zero-order chi connectivity index (χ0) is 11.1. The molecule has 6 heteroatoms. The molecule has 0 aliphatic rings. The van der Waals surface area contributed by atoms with Gasteiger partial charge in [-0.25, -0.2) is 8.93 Å². The van der Waals surface area contributed by atoms with Gasteiger partial charge in [-0.1, -0.05) is 30.3 Å². The molecule has 0 fully saturated rings. The van der Waals surface area contributed by atoms with Gasteiger partial charge in [0.05, 0.1) is 0 Å². The molecule has 0 heterocycles. The second kappa shape index (κ2) is 6.28. The van der Waals surface area contributed by atoms with Crippen LogP contribution in [-0.2, 0) is 27.4 Å². The van der Waals surface area contributed by atoms with E-state index in [9.17, 15) is 9.00 Å². The molecule has 1 unspecified atom stereocenters. The maximum Gasteiger partial charge on any atom is 0.321 e. The van der Waals surface area contributed by atoms with Crippen LogP contribution in [0.25, 0.3) is 0 Å². The third-order valence-corrected chi connectivity index (χ3v) is 1.97. The number of rotatable bonds is 5. The summed E-state index contributed by atoms with van der Waals surface area (Å²) in [5, 5.41) is 0. The van der Waals surface area contributed by atoms with Crippen LogP contribution in [0.1, 0.15) is 5.56 Å². The van der Waals surface area contributed by atoms with E-state index >= 15 is 0 Å². The van der Waals surface area contributed by atoms with Gasteiger partial charge in [0, 0.05) is 0 Å². The highest BCUT2D eigenvalue weighted by molar-refractivity contribution is 7.77. The Morgan fingerprint density at radius 3 is 2.67 bits per heavy atom. The summed E-state index contributed by atoms with van der Waals surface area (Å²) < 4.78 is 25.4. The van der Waals surface area contributed by atoms with Crippen molar-refractivity contribution >= 4 is 17.2 Å². The average molecular weight is 229 g/mol. The molecule has 5 nitrogen and oxygen atoms in total. The fourth-order valence-corrected chi connectivity index (χ4v) is 1.15. The Morgan fingerprint density at radius 1 is 1.40 bits per heavy atom. The van der Waals surface area contributed by atoms with Crippen molar-refractivity contribution in [1.29, 1.82) is 0 Å². The number of esters is 1. The van der Waals surface area contributed by atoms with E-state index < -0.39 is 17.2 Å². The first-order chi connectivity index (χ1) is 7.18. The summed E-state index contributed by atoms with van der Waals surface area (Å²) in [7, 11) is 0. The number of hydrogen-bond donors (Lipinski definition) is 2. The lowest BCUT2D eigenvalue weighted by atomic mass is 10.2. The van der Waals surface area contributed by atoms with E-state index in [1.807, 2.05) is 35.1 Å². The van der Waals surface area contributed by atoms with Gasteiger partial charge in [-0.15, -0.1) is 0 Å². The Kier molecular flexibility index (Phi) is 4.96. The maximum absolute atomic E-state index is 11.0. The number of nitrogens with one attached hydrogen (secondary N) is 1. The van der Waals surface area contributed by atoms with Crippen molar-refractivity contribution in [2.75, 3.05) is 6.54 Å². The van der Waals surface area contributed by atoms with Crippen molar-refractivity contribution in [2.24, 2.45) is 0 Å². The molecule has 0 spiro atoms. The van der Waals surface area contributed by atoms with Crippen molar-refractivity contribution < 1.29 is 18.3 Å². The largest absolute Gasteiger partial charge is 0.460 e. The zero-order valence-electron chi connectivity index (χ0n) is 7.88. The highest BCUT2D eigenvalue weighted by Crippen LogP contribution is 2.00. The van der Waals surface area contributed by atoms with Crippen LogP contribution in [0, 0.1) is 0 Å². The number of hydrogen-bond acceptors (Lipinski definition) is 3. The minimum absolute atomic E-state index is 0.166. The first kappa shape index (κ1) is 11.8. The average Bonchev–Trinajstić information content (AvgIpc) is 2.25. The topological polar surface area (TPSA) is 75.6 Å². The number of carbonyl (C=O) groups excluding carboxylic acids is 1. The number of ether oxygens (including phenoxy) is 1. The third-order valence-electron chi connectivity index (χ3n) is 1.58. The van der Waals surface area contributed by atoms with Gasteiger partial charge in [0.25, 0.3) is 0 Å². The molecule has 0 bridgehead atoms. The zero-order valence-corrected chi connectivity index (χ0v) is 8.70. The first-order valence-corrected chi connectivity index (χ1v) is 5.33. The first-order valence-electron chi connectivity index (χ1n) is 4.22. The Hall–Kier alpha value is -1.24. The van der Waals surface area contributed by atoms with Gasteiger partial charge in [0.2, 0.25) is 11.3 Å². The molecular formula is C9H11NO4S. The summed E-state index contributed by atoms with van der Waals surface area (Å²) in [5.41, 5.74) is 0.871. The molecule has 1 aromatic rings. The van der Waals surface area contributed by atoms with E-state index in [0.29, 0.717) is 0 Å². The van der Waals surface area contributed by atoms with Crippen molar-refractivity contribution in [3.8, 4) is 0 Å². The van der Waals surface area contributed by atoms with Crippen molar-refractivity contribution in [3.63, 3.8) is 0 Å². The molecule has 82 valence electrons. The van der Waals surface area contributed by atoms with Crippen LogP contribution in [0.5, 0.6) is 0 Å². The lowest BCUT2D eigenvalue weighted by Gasteiger charge is -2.03. The summed E-state index contributed by atoms with van der Waals surface area (Å²) in [6, 6.07) is 9.19. The van der Waals surface area contributed by atoms with Gasteiger partial charge in [-0.2, -0.15) is 0 Å². The molecule has 0 saturated carbocycles. The van der Waals surface area contributed by atoms with Crippen LogP contribution in [0.4, 0.5) is 0 Å². The molecule has 15 heavy (non-hydrogen) atoms. The molecular weight excluding hydrogens is 218 g/mol. The van der Waals surface area contributed by atoms with Gasteiger partial charge >= 0.3 is 5.97 Å². The standard InChI is InChI=1S/C9H11NO4S/c11-9(6-10-15(12)13)14-7-8-4-2-1-3-5-8/h1-5,10H,6-7H2,(H,12,13). The number of benzene rings is 1. The molecule has 1 rings (SSSR count). The quantitative estimate of drug-likeness (QED) is 0.568. The summed E-state index contributed by atoms with van der Waals surface area (Å²) in [5.74, 6) is -0.568. The Balaban J connectivity index is 2.26. The van der Waals surface area contributed by atoms with Gasteiger partial charge in [0.15, 0.2) is 0 Å². The Labute approximate surface area is 89.9 Å². The predicted octanol–water partition coefficient (Wildman–Crippen LogP) is 0.456. The third kappa shape index (κ3) is 5.26. The minimum Gasteiger partial charge on any atom is -0.460 e. The second-order valence-corrected chi connectivity index (χ2v) is 3.50. The fraction of sp³-hybridized carbons (Fsp3) is 0.222. The van der Waals surface area contributed by atoms with E-state index in [1.54, 1.807) is 0 Å². The number of carbonyl (C=O) groups is 1. The normalized spacial score (nSPS) is 12.1. The van der Waals surface area contributed by atoms with E-state index in [-0.39, 0.29) is 13.2 Å². The Morgan fingerprint density at radius 2 is 2.07 bits per heavy atom. The highest BCUT2D eigenvalue weighted by atomic mass is 32.2. The van der Waals surface area contributed by atoms with Gasteiger partial charge < -0.3 is 4.74 Å². The summed E-state index contributed by atoms with van der Waals surface area (Å²) in [6.07, 6.45) is 0. The maximum atomic E-state index is 11.0. The Bertz CT molecular complexity index is 341. The molecule has 0 aromatic heterocycles. The lowest BCUT2D eigenvalue weighted by Crippen LogP contribution is -2.25. The molecule has 0 amide bonds. The van der Waals surface area contributed by atoms with Gasteiger partial charge in [-0.05, 0) is 5.56 Å². The van der Waals surface area contributed by atoms with Gasteiger partial charge in [-0.3, -0.25) is 9.35 Å². The molecule has 0 aliphatic heterocycles. The van der Waals surface area contributed by atoms with Crippen molar-refractivity contribution in [2.45, 2.75) is 6.61 Å². The van der Waals surface area contributed by atoms with Crippen LogP contribution in [0.3, 0.4) is 0 Å². The van der Waals surface area contributed by atoms with Crippen LogP contribution in [0.2, 0.25) is 0 Å². The van der Waals surface area contributed by atoms with Crippen LogP contribution in [0.15, 0.2) is 30.3 Å². The van der Waals surface area contributed by atoms with E-state index in [1.165, 1.54) is 0 Å². The van der Waals surface area contributed by atoms with E-state index in [0.717, 1.165) is 5.56 Å².